The second kappa shape index (κ2) is 5.10. The summed E-state index contributed by atoms with van der Waals surface area (Å²) in [5.41, 5.74) is 3.01. The molecule has 1 heterocycles. The molecule has 3 atom stereocenters. The molecule has 0 radical (unpaired) electrons. The van der Waals surface area contributed by atoms with E-state index in [-0.39, 0.29) is 0 Å². The highest BCUT2D eigenvalue weighted by molar-refractivity contribution is 7.09. The minimum Gasteiger partial charge on any atom is -0.271 e. The van der Waals surface area contributed by atoms with E-state index in [4.69, 9.17) is 5.84 Å². The zero-order valence-corrected chi connectivity index (χ0v) is 10.1. The number of hydrogen-bond acceptors (Lipinski definition) is 3. The summed E-state index contributed by atoms with van der Waals surface area (Å²) in [6.07, 6.45) is 5.13. The largest absolute Gasteiger partial charge is 0.271 e. The maximum absolute atomic E-state index is 5.67. The maximum Gasteiger partial charge on any atom is 0.0287 e. The molecule has 1 fully saturated rings. The molecule has 0 spiro atoms. The highest BCUT2D eigenvalue weighted by atomic mass is 32.1. The Labute approximate surface area is 95.8 Å². The monoisotopic (exact) mass is 224 g/mol. The van der Waals surface area contributed by atoms with Gasteiger partial charge in [-0.3, -0.25) is 11.3 Å². The van der Waals surface area contributed by atoms with Crippen molar-refractivity contribution in [1.29, 1.82) is 0 Å². The summed E-state index contributed by atoms with van der Waals surface area (Å²) in [5, 5.41) is 2.14. The SMILES string of the molecule is CC1CCC(C(Cc2cccs2)NN)C1. The lowest BCUT2D eigenvalue weighted by molar-refractivity contribution is 0.354. The van der Waals surface area contributed by atoms with Crippen LogP contribution in [0.5, 0.6) is 0 Å². The fourth-order valence-corrected chi connectivity index (χ4v) is 3.39. The van der Waals surface area contributed by atoms with Crippen LogP contribution in [0.2, 0.25) is 0 Å². The number of hydrogen-bond donors (Lipinski definition) is 2. The Hall–Kier alpha value is -0.380. The molecule has 1 aliphatic rings. The van der Waals surface area contributed by atoms with Crippen LogP contribution in [-0.2, 0) is 6.42 Å². The summed E-state index contributed by atoms with van der Waals surface area (Å²) in [7, 11) is 0. The van der Waals surface area contributed by atoms with Gasteiger partial charge in [0.25, 0.3) is 0 Å². The summed E-state index contributed by atoms with van der Waals surface area (Å²) in [6, 6.07) is 4.78. The predicted octanol–water partition coefficient (Wildman–Crippen LogP) is 2.56. The Kier molecular flexibility index (Phi) is 3.78. The van der Waals surface area contributed by atoms with E-state index in [1.807, 2.05) is 11.3 Å². The van der Waals surface area contributed by atoms with E-state index in [0.29, 0.717) is 6.04 Å². The van der Waals surface area contributed by atoms with Gasteiger partial charge < -0.3 is 0 Å². The van der Waals surface area contributed by atoms with E-state index in [9.17, 15) is 0 Å². The van der Waals surface area contributed by atoms with Crippen LogP contribution in [0.4, 0.5) is 0 Å². The zero-order chi connectivity index (χ0) is 10.7. The normalized spacial score (nSPS) is 28.1. The number of nitrogens with two attached hydrogens (primary N) is 1. The van der Waals surface area contributed by atoms with Gasteiger partial charge in [-0.2, -0.15) is 0 Å². The topological polar surface area (TPSA) is 38.0 Å². The summed E-state index contributed by atoms with van der Waals surface area (Å²) >= 11 is 1.83. The molecule has 2 rings (SSSR count). The first kappa shape index (κ1) is 11.1. The van der Waals surface area contributed by atoms with Crippen LogP contribution in [0.25, 0.3) is 0 Å². The molecule has 3 N–H and O–H groups in total. The van der Waals surface area contributed by atoms with Crippen molar-refractivity contribution in [3.8, 4) is 0 Å². The van der Waals surface area contributed by atoms with Crippen molar-refractivity contribution in [3.05, 3.63) is 22.4 Å². The third-order valence-electron chi connectivity index (χ3n) is 3.52. The van der Waals surface area contributed by atoms with Crippen molar-refractivity contribution in [2.45, 2.75) is 38.6 Å². The first-order valence-electron chi connectivity index (χ1n) is 5.78. The maximum atomic E-state index is 5.67. The van der Waals surface area contributed by atoms with Crippen molar-refractivity contribution >= 4 is 11.3 Å². The molecule has 0 aliphatic heterocycles. The van der Waals surface area contributed by atoms with Crippen LogP contribution in [0.15, 0.2) is 17.5 Å². The van der Waals surface area contributed by atoms with Gasteiger partial charge in [0.15, 0.2) is 0 Å². The third kappa shape index (κ3) is 2.80. The van der Waals surface area contributed by atoms with Crippen molar-refractivity contribution in [1.82, 2.24) is 5.43 Å². The molecule has 1 aromatic rings. The second-order valence-electron chi connectivity index (χ2n) is 4.73. The van der Waals surface area contributed by atoms with Gasteiger partial charge in [0.1, 0.15) is 0 Å². The smallest absolute Gasteiger partial charge is 0.0287 e. The third-order valence-corrected chi connectivity index (χ3v) is 4.42. The van der Waals surface area contributed by atoms with Gasteiger partial charge in [-0.25, -0.2) is 0 Å². The summed E-state index contributed by atoms with van der Waals surface area (Å²) in [6.45, 7) is 2.35. The molecule has 1 saturated carbocycles. The lowest BCUT2D eigenvalue weighted by atomic mass is 9.94. The zero-order valence-electron chi connectivity index (χ0n) is 9.28. The van der Waals surface area contributed by atoms with Crippen LogP contribution < -0.4 is 11.3 Å². The average Bonchev–Trinajstić information content (AvgIpc) is 2.85. The minimum absolute atomic E-state index is 0.466. The molecule has 1 aromatic heterocycles. The number of hydrazine groups is 1. The second-order valence-corrected chi connectivity index (χ2v) is 5.77. The Morgan fingerprint density at radius 2 is 2.47 bits per heavy atom. The molecule has 84 valence electrons. The molecule has 0 aromatic carbocycles. The van der Waals surface area contributed by atoms with Crippen LogP contribution >= 0.6 is 11.3 Å². The number of nitrogens with one attached hydrogen (secondary N) is 1. The summed E-state index contributed by atoms with van der Waals surface area (Å²) in [4.78, 5) is 1.44. The van der Waals surface area contributed by atoms with Crippen molar-refractivity contribution in [3.63, 3.8) is 0 Å². The van der Waals surface area contributed by atoms with E-state index in [1.165, 1.54) is 24.1 Å². The van der Waals surface area contributed by atoms with Crippen LogP contribution in [-0.4, -0.2) is 6.04 Å². The van der Waals surface area contributed by atoms with Gasteiger partial charge in [0.2, 0.25) is 0 Å². The van der Waals surface area contributed by atoms with E-state index in [0.717, 1.165) is 18.3 Å². The average molecular weight is 224 g/mol. The Morgan fingerprint density at radius 3 is 3.00 bits per heavy atom. The van der Waals surface area contributed by atoms with Gasteiger partial charge in [-0.1, -0.05) is 19.4 Å². The number of rotatable bonds is 4. The highest BCUT2D eigenvalue weighted by Gasteiger charge is 2.28. The van der Waals surface area contributed by atoms with E-state index in [1.54, 1.807) is 0 Å². The van der Waals surface area contributed by atoms with E-state index >= 15 is 0 Å². The van der Waals surface area contributed by atoms with Crippen molar-refractivity contribution in [2.24, 2.45) is 17.7 Å². The summed E-state index contributed by atoms with van der Waals surface area (Å²) in [5.74, 6) is 7.32. The molecule has 3 unspecified atom stereocenters. The molecule has 0 bridgehead atoms. The fourth-order valence-electron chi connectivity index (χ4n) is 2.62. The lowest BCUT2D eigenvalue weighted by Gasteiger charge is -2.22. The van der Waals surface area contributed by atoms with Crippen molar-refractivity contribution < 1.29 is 0 Å². The Bertz CT molecular complexity index is 284. The van der Waals surface area contributed by atoms with Gasteiger partial charge in [-0.05, 0) is 42.5 Å². The quantitative estimate of drug-likeness (QED) is 0.609. The van der Waals surface area contributed by atoms with Crippen LogP contribution in [0, 0.1) is 11.8 Å². The van der Waals surface area contributed by atoms with E-state index < -0.39 is 0 Å². The first-order chi connectivity index (χ1) is 7.29. The molecule has 2 nitrogen and oxygen atoms in total. The first-order valence-corrected chi connectivity index (χ1v) is 6.66. The molecule has 1 aliphatic carbocycles. The standard InChI is InChI=1S/C12H20N2S/c1-9-4-5-10(7-9)12(14-13)8-11-3-2-6-15-11/h2-3,6,9-10,12,14H,4-5,7-8,13H2,1H3. The van der Waals surface area contributed by atoms with Crippen molar-refractivity contribution in [2.75, 3.05) is 0 Å². The molecule has 3 heteroatoms. The fraction of sp³-hybridized carbons (Fsp3) is 0.667. The molecule has 15 heavy (non-hydrogen) atoms. The minimum atomic E-state index is 0.466. The molecular weight excluding hydrogens is 204 g/mol. The van der Waals surface area contributed by atoms with Crippen LogP contribution in [0.1, 0.15) is 31.1 Å². The predicted molar refractivity (Wildman–Crippen MR) is 65.6 cm³/mol. The van der Waals surface area contributed by atoms with Crippen LogP contribution in [0.3, 0.4) is 0 Å². The van der Waals surface area contributed by atoms with Gasteiger partial charge in [-0.15, -0.1) is 11.3 Å². The van der Waals surface area contributed by atoms with Gasteiger partial charge in [0.05, 0.1) is 0 Å². The molecule has 0 amide bonds. The lowest BCUT2D eigenvalue weighted by Crippen LogP contribution is -2.41. The highest BCUT2D eigenvalue weighted by Crippen LogP contribution is 2.33. The number of thiophene rings is 1. The Morgan fingerprint density at radius 1 is 1.60 bits per heavy atom. The molecular formula is C12H20N2S. The molecule has 0 saturated heterocycles. The van der Waals surface area contributed by atoms with Gasteiger partial charge in [0, 0.05) is 10.9 Å². The summed E-state index contributed by atoms with van der Waals surface area (Å²) < 4.78 is 0. The Balaban J connectivity index is 1.92. The van der Waals surface area contributed by atoms with Gasteiger partial charge >= 0.3 is 0 Å². The van der Waals surface area contributed by atoms with E-state index in [2.05, 4.69) is 29.9 Å².